The Morgan fingerprint density at radius 2 is 2.21 bits per heavy atom. The van der Waals surface area contributed by atoms with Gasteiger partial charge in [-0.25, -0.2) is 4.79 Å². The zero-order valence-electron chi connectivity index (χ0n) is 7.49. The zero-order valence-corrected chi connectivity index (χ0v) is 8.30. The second-order valence-corrected chi connectivity index (χ2v) is 3.89. The molecule has 0 fully saturated rings. The van der Waals surface area contributed by atoms with Gasteiger partial charge in [-0.3, -0.25) is 0 Å². The highest BCUT2D eigenvalue weighted by atomic mass is 32.1. The van der Waals surface area contributed by atoms with Crippen molar-refractivity contribution in [3.05, 3.63) is 35.2 Å². The van der Waals surface area contributed by atoms with E-state index >= 15 is 0 Å². The molecular weight excluding hydrogens is 196 g/mol. The Hall–Kier alpha value is -1.55. The lowest BCUT2D eigenvalue weighted by molar-refractivity contribution is 0.248. The highest BCUT2D eigenvalue weighted by molar-refractivity contribution is 7.17. The van der Waals surface area contributed by atoms with E-state index in [1.165, 1.54) is 10.1 Å². The van der Waals surface area contributed by atoms with E-state index in [-0.39, 0.29) is 0 Å². The van der Waals surface area contributed by atoms with Crippen molar-refractivity contribution in [2.45, 2.75) is 6.54 Å². The molecule has 0 aliphatic heterocycles. The lowest BCUT2D eigenvalue weighted by atomic mass is 10.2. The second-order valence-electron chi connectivity index (χ2n) is 2.97. The first-order valence-corrected chi connectivity index (χ1v) is 5.14. The Bertz CT molecular complexity index is 464. The number of nitrogens with one attached hydrogen (secondary N) is 1. The molecule has 0 spiro atoms. The average molecular weight is 206 g/mol. The molecule has 1 aromatic carbocycles. The SMILES string of the molecule is NC(=O)NCc1csc2ccccc12. The van der Waals surface area contributed by atoms with Crippen LogP contribution in [0.4, 0.5) is 4.79 Å². The molecule has 2 rings (SSSR count). The summed E-state index contributed by atoms with van der Waals surface area (Å²) in [5.74, 6) is 0. The Kier molecular flexibility index (Phi) is 2.37. The van der Waals surface area contributed by atoms with Gasteiger partial charge in [-0.15, -0.1) is 11.3 Å². The smallest absolute Gasteiger partial charge is 0.312 e. The number of hydrogen-bond acceptors (Lipinski definition) is 2. The number of hydrogen-bond donors (Lipinski definition) is 2. The van der Waals surface area contributed by atoms with E-state index in [1.54, 1.807) is 11.3 Å². The molecule has 0 radical (unpaired) electrons. The molecule has 0 unspecified atom stereocenters. The van der Waals surface area contributed by atoms with Crippen molar-refractivity contribution in [1.82, 2.24) is 5.32 Å². The maximum absolute atomic E-state index is 10.5. The number of thiophene rings is 1. The molecule has 0 saturated carbocycles. The lowest BCUT2D eigenvalue weighted by Gasteiger charge is -1.99. The number of carbonyl (C=O) groups excluding carboxylic acids is 1. The predicted molar refractivity (Wildman–Crippen MR) is 58.2 cm³/mol. The van der Waals surface area contributed by atoms with Crippen molar-refractivity contribution in [2.24, 2.45) is 5.73 Å². The number of amides is 2. The van der Waals surface area contributed by atoms with E-state index in [4.69, 9.17) is 5.73 Å². The molecule has 0 aliphatic carbocycles. The summed E-state index contributed by atoms with van der Waals surface area (Å²) in [5, 5.41) is 5.81. The predicted octanol–water partition coefficient (Wildman–Crippen LogP) is 2.07. The van der Waals surface area contributed by atoms with Crippen molar-refractivity contribution in [3.63, 3.8) is 0 Å². The van der Waals surface area contributed by atoms with E-state index in [0.717, 1.165) is 5.56 Å². The third-order valence-electron chi connectivity index (χ3n) is 2.01. The van der Waals surface area contributed by atoms with E-state index < -0.39 is 6.03 Å². The average Bonchev–Trinajstić information content (AvgIpc) is 2.58. The minimum atomic E-state index is -0.486. The molecule has 3 nitrogen and oxygen atoms in total. The molecule has 0 bridgehead atoms. The van der Waals surface area contributed by atoms with Gasteiger partial charge in [-0.1, -0.05) is 18.2 Å². The summed E-state index contributed by atoms with van der Waals surface area (Å²) in [4.78, 5) is 10.5. The molecule has 1 heterocycles. The van der Waals surface area contributed by atoms with Crippen LogP contribution in [-0.4, -0.2) is 6.03 Å². The fourth-order valence-electron chi connectivity index (χ4n) is 1.35. The monoisotopic (exact) mass is 206 g/mol. The lowest BCUT2D eigenvalue weighted by Crippen LogP contribution is -2.28. The van der Waals surface area contributed by atoms with Crippen LogP contribution in [-0.2, 0) is 6.54 Å². The quantitative estimate of drug-likeness (QED) is 0.776. The van der Waals surface area contributed by atoms with Gasteiger partial charge in [-0.05, 0) is 22.4 Å². The first-order chi connectivity index (χ1) is 6.77. The molecule has 3 N–H and O–H groups in total. The van der Waals surface area contributed by atoms with Crippen LogP contribution in [0, 0.1) is 0 Å². The molecule has 72 valence electrons. The maximum Gasteiger partial charge on any atom is 0.312 e. The first-order valence-electron chi connectivity index (χ1n) is 4.26. The van der Waals surface area contributed by atoms with Crippen LogP contribution >= 0.6 is 11.3 Å². The second kappa shape index (κ2) is 3.67. The van der Waals surface area contributed by atoms with Crippen LogP contribution in [0.2, 0.25) is 0 Å². The third kappa shape index (κ3) is 1.70. The van der Waals surface area contributed by atoms with Gasteiger partial charge in [0, 0.05) is 11.2 Å². The van der Waals surface area contributed by atoms with Gasteiger partial charge >= 0.3 is 6.03 Å². The Balaban J connectivity index is 2.29. The number of rotatable bonds is 2. The third-order valence-corrected chi connectivity index (χ3v) is 3.03. The number of primary amides is 1. The standard InChI is InChI=1S/C10H10N2OS/c11-10(13)12-5-7-6-14-9-4-2-1-3-8(7)9/h1-4,6H,5H2,(H3,11,12,13). The highest BCUT2D eigenvalue weighted by Crippen LogP contribution is 2.25. The molecule has 2 aromatic rings. The largest absolute Gasteiger partial charge is 0.352 e. The molecule has 0 aliphatic rings. The minimum Gasteiger partial charge on any atom is -0.352 e. The van der Waals surface area contributed by atoms with Crippen LogP contribution in [0.3, 0.4) is 0 Å². The number of nitrogens with two attached hydrogens (primary N) is 1. The van der Waals surface area contributed by atoms with Crippen LogP contribution < -0.4 is 11.1 Å². The number of carbonyl (C=O) groups is 1. The van der Waals surface area contributed by atoms with Crippen molar-refractivity contribution in [1.29, 1.82) is 0 Å². The summed E-state index contributed by atoms with van der Waals surface area (Å²) < 4.78 is 1.23. The van der Waals surface area contributed by atoms with Crippen LogP contribution in [0.25, 0.3) is 10.1 Å². The molecule has 0 atom stereocenters. The van der Waals surface area contributed by atoms with Gasteiger partial charge in [0.15, 0.2) is 0 Å². The van der Waals surface area contributed by atoms with Crippen molar-refractivity contribution >= 4 is 27.5 Å². The zero-order chi connectivity index (χ0) is 9.97. The van der Waals surface area contributed by atoms with Crippen molar-refractivity contribution in [3.8, 4) is 0 Å². The topological polar surface area (TPSA) is 55.1 Å². The van der Waals surface area contributed by atoms with Crippen LogP contribution in [0.15, 0.2) is 29.6 Å². The van der Waals surface area contributed by atoms with Gasteiger partial charge in [0.25, 0.3) is 0 Å². The molecular formula is C10H10N2OS. The Morgan fingerprint density at radius 1 is 1.43 bits per heavy atom. The summed E-state index contributed by atoms with van der Waals surface area (Å²) >= 11 is 1.67. The van der Waals surface area contributed by atoms with Crippen LogP contribution in [0.5, 0.6) is 0 Å². The van der Waals surface area contributed by atoms with E-state index in [0.29, 0.717) is 6.54 Å². The fraction of sp³-hybridized carbons (Fsp3) is 0.100. The number of fused-ring (bicyclic) bond motifs is 1. The molecule has 14 heavy (non-hydrogen) atoms. The summed E-state index contributed by atoms with van der Waals surface area (Å²) in [6.07, 6.45) is 0. The normalized spacial score (nSPS) is 10.3. The maximum atomic E-state index is 10.5. The molecule has 2 amide bonds. The van der Waals surface area contributed by atoms with Crippen molar-refractivity contribution < 1.29 is 4.79 Å². The van der Waals surface area contributed by atoms with Gasteiger partial charge in [0.1, 0.15) is 0 Å². The van der Waals surface area contributed by atoms with E-state index in [1.807, 2.05) is 23.6 Å². The summed E-state index contributed by atoms with van der Waals surface area (Å²) in [6, 6.07) is 7.62. The minimum absolute atomic E-state index is 0.486. The van der Waals surface area contributed by atoms with Crippen molar-refractivity contribution in [2.75, 3.05) is 0 Å². The Morgan fingerprint density at radius 3 is 3.00 bits per heavy atom. The molecule has 4 heteroatoms. The fourth-order valence-corrected chi connectivity index (χ4v) is 2.31. The van der Waals surface area contributed by atoms with Gasteiger partial charge < -0.3 is 11.1 Å². The summed E-state index contributed by atoms with van der Waals surface area (Å²) in [5.41, 5.74) is 6.12. The van der Waals surface area contributed by atoms with E-state index in [9.17, 15) is 4.79 Å². The highest BCUT2D eigenvalue weighted by Gasteiger charge is 2.02. The van der Waals surface area contributed by atoms with Crippen LogP contribution in [0.1, 0.15) is 5.56 Å². The molecule has 0 saturated heterocycles. The Labute approximate surface area is 85.5 Å². The number of urea groups is 1. The molecule has 1 aromatic heterocycles. The van der Waals surface area contributed by atoms with E-state index in [2.05, 4.69) is 11.4 Å². The number of benzene rings is 1. The van der Waals surface area contributed by atoms with Gasteiger partial charge in [0.2, 0.25) is 0 Å². The summed E-state index contributed by atoms with van der Waals surface area (Å²) in [6.45, 7) is 0.499. The van der Waals surface area contributed by atoms with Gasteiger partial charge in [-0.2, -0.15) is 0 Å². The first kappa shape index (κ1) is 9.02. The summed E-state index contributed by atoms with van der Waals surface area (Å²) in [7, 11) is 0. The van der Waals surface area contributed by atoms with Gasteiger partial charge in [0.05, 0.1) is 0 Å².